The first-order valence-corrected chi connectivity index (χ1v) is 48.0. The summed E-state index contributed by atoms with van der Waals surface area (Å²) >= 11 is 0. The smallest absolute Gasteiger partial charge is 0.251 e. The van der Waals surface area contributed by atoms with E-state index in [-0.39, 0.29) is 137 Å². The largest absolute Gasteiger partial charge is 0.490 e. The molecule has 8 heterocycles. The molecule has 18 rings (SSSR count). The predicted molar refractivity (Wildman–Crippen MR) is 505 cm³/mol. The van der Waals surface area contributed by atoms with Gasteiger partial charge in [0.2, 0.25) is 23.6 Å². The second-order valence-electron chi connectivity index (χ2n) is 40.6. The first-order valence-electron chi connectivity index (χ1n) is 48.0. The number of nitrogens with one attached hydrogen (secondary N) is 5. The molecular formula is C106H134N10O17. The number of benzene rings is 6. The summed E-state index contributed by atoms with van der Waals surface area (Å²) in [4.78, 5) is 118. The van der Waals surface area contributed by atoms with E-state index in [0.29, 0.717) is 127 Å². The number of hydrogen-bond acceptors (Lipinski definition) is 23. The standard InChI is InChI=1S/C53H67N5O8.C30H37N3O3.C23H30N2O6/c1-33-25-41(26-34(2)43(33)31-54)66-51-52(3,4)50(53(51,5)6)56-48(61)36-9-13-39(14-10-36)57-19-17-35(18-20-57)32-58-21-24-63-22-7-8-23-64-46-28-37(11-15-45(46)65-42-29-40(58)30-42)44(59)27-38-12-16-47(60)55-49(38)62;1-19-15-24(16-20(2)25(19)17-31)36-28-29(3,4)27(30(28,5)6)32-26(35)22-7-9-23(10-8-22)33-13-11-21(18-34)12-14-33;26-19(11-16-4-6-22(27)25-23(16)28)15-3-5-20-21(12-15)30-9-2-1-8-29-10-7-24-17-13-18(14-17)31-20/h9-11,13-15,25-26,28,35,38,40,42,50-51H,7-8,12,16-24,27,29-30,32H2,1-6H3,(H,56,61)(H,55,60,62);7-10,15-16,18,21,27-28H,11-14H2,1-6H3,(H,32,35);3,5,12,16-18,24H,1-2,4,6-11,13-14H2,(H,25,27,28). The number of ketones is 2. The summed E-state index contributed by atoms with van der Waals surface area (Å²) in [5, 5.41) is 33.6. The van der Waals surface area contributed by atoms with Crippen LogP contribution in [0.15, 0.2) is 109 Å². The van der Waals surface area contributed by atoms with Gasteiger partial charge in [-0.3, -0.25) is 53.9 Å². The molecule has 27 nitrogen and oxygen atoms in total. The van der Waals surface area contributed by atoms with Gasteiger partial charge in [0.15, 0.2) is 34.6 Å². The van der Waals surface area contributed by atoms with Crippen LogP contribution in [0.5, 0.6) is 34.5 Å². The quantitative estimate of drug-likeness (QED) is 0.0286. The maximum atomic E-state index is 13.7. The number of hydrogen-bond donors (Lipinski definition) is 5. The van der Waals surface area contributed by atoms with Crippen molar-refractivity contribution >= 4 is 64.7 Å². The lowest BCUT2D eigenvalue weighted by molar-refractivity contribution is -0.164. The molecule has 6 aromatic rings. The number of carbonyl (C=O) groups is 9. The van der Waals surface area contributed by atoms with Crippen LogP contribution in [0.2, 0.25) is 0 Å². The number of Topliss-reactive ketones (excluding diaryl/α,β-unsaturated/α-hetero) is 2. The third-order valence-electron chi connectivity index (χ3n) is 29.3. The van der Waals surface area contributed by atoms with Crippen LogP contribution in [0.1, 0.15) is 246 Å². The lowest BCUT2D eigenvalue weighted by atomic mass is 9.49. The molecule has 0 radical (unpaired) electrons. The Morgan fingerprint density at radius 2 is 0.880 bits per heavy atom. The Kier molecular flexibility index (Phi) is 31.6. The van der Waals surface area contributed by atoms with Crippen molar-refractivity contribution in [1.82, 2.24) is 31.5 Å². The van der Waals surface area contributed by atoms with Crippen LogP contribution in [0.4, 0.5) is 11.4 Å². The van der Waals surface area contributed by atoms with E-state index >= 15 is 0 Å². The van der Waals surface area contributed by atoms with Gasteiger partial charge in [-0.05, 0) is 242 Å². The van der Waals surface area contributed by atoms with Gasteiger partial charge in [-0.15, -0.1) is 0 Å². The molecule has 4 bridgehead atoms. The number of nitrogens with zero attached hydrogens (tertiary/aromatic N) is 5. The van der Waals surface area contributed by atoms with E-state index in [1.165, 1.54) is 0 Å². The minimum absolute atomic E-state index is 0.0364. The summed E-state index contributed by atoms with van der Waals surface area (Å²) in [5.74, 6) is 1.83. The lowest BCUT2D eigenvalue weighted by Crippen LogP contribution is -2.74. The molecule has 6 amide bonds. The van der Waals surface area contributed by atoms with Gasteiger partial charge in [0.25, 0.3) is 11.8 Å². The normalized spacial score (nSPS) is 25.3. The second kappa shape index (κ2) is 43.0. The minimum atomic E-state index is -0.514. The Hall–Kier alpha value is -11.2. The molecule has 4 saturated heterocycles. The van der Waals surface area contributed by atoms with Crippen LogP contribution < -0.4 is 64.8 Å². The number of ether oxygens (including phenoxy) is 8. The van der Waals surface area contributed by atoms with Gasteiger partial charge >= 0.3 is 0 Å². The molecule has 12 aliphatic rings. The van der Waals surface area contributed by atoms with E-state index in [1.807, 2.05) is 94.4 Å². The van der Waals surface area contributed by atoms with Gasteiger partial charge in [-0.25, -0.2) is 0 Å². The summed E-state index contributed by atoms with van der Waals surface area (Å²) in [6.45, 7) is 34.9. The monoisotopic (exact) mass is 1820 g/mol. The molecule has 6 aromatic carbocycles. The van der Waals surface area contributed by atoms with Gasteiger partial charge in [-0.2, -0.15) is 10.5 Å². The Morgan fingerprint density at radius 3 is 1.29 bits per heavy atom. The zero-order chi connectivity index (χ0) is 94.6. The molecule has 27 heteroatoms. The van der Waals surface area contributed by atoms with Crippen molar-refractivity contribution in [3.05, 3.63) is 165 Å². The highest BCUT2D eigenvalue weighted by molar-refractivity contribution is 6.05. The van der Waals surface area contributed by atoms with E-state index in [2.05, 4.69) is 121 Å². The molecule has 133 heavy (non-hydrogen) atoms. The number of imide groups is 2. The van der Waals surface area contributed by atoms with Crippen molar-refractivity contribution in [1.29, 1.82) is 10.5 Å². The van der Waals surface area contributed by atoms with Crippen LogP contribution in [0.3, 0.4) is 0 Å². The van der Waals surface area contributed by atoms with Crippen molar-refractivity contribution in [2.45, 2.75) is 247 Å². The topological polar surface area (TPSA) is 345 Å². The minimum Gasteiger partial charge on any atom is -0.490 e. The maximum absolute atomic E-state index is 13.7. The third-order valence-corrected chi connectivity index (χ3v) is 29.3. The molecular weight excluding hydrogens is 1690 g/mol. The molecule has 8 fully saturated rings. The summed E-state index contributed by atoms with van der Waals surface area (Å²) in [6.07, 6.45) is 13.4. The summed E-state index contributed by atoms with van der Waals surface area (Å²) in [5.41, 5.74) is 8.24. The van der Waals surface area contributed by atoms with Crippen molar-refractivity contribution in [2.75, 3.05) is 95.3 Å². The number of nitriles is 2. The number of amides is 6. The molecule has 8 aliphatic heterocycles. The average molecular weight is 1820 g/mol. The van der Waals surface area contributed by atoms with E-state index < -0.39 is 11.8 Å². The number of anilines is 2. The molecule has 2 atom stereocenters. The second-order valence-corrected chi connectivity index (χ2v) is 40.6. The highest BCUT2D eigenvalue weighted by atomic mass is 16.5. The number of aldehydes is 1. The van der Waals surface area contributed by atoms with Crippen LogP contribution in [-0.2, 0) is 33.4 Å². The molecule has 710 valence electrons. The maximum Gasteiger partial charge on any atom is 0.251 e. The zero-order valence-electron chi connectivity index (χ0n) is 79.5. The number of rotatable bonds is 19. The fourth-order valence-corrected chi connectivity index (χ4v) is 21.9. The van der Waals surface area contributed by atoms with E-state index in [1.54, 1.807) is 30.3 Å². The summed E-state index contributed by atoms with van der Waals surface area (Å²) in [6, 6.07) is 39.3. The predicted octanol–water partition coefficient (Wildman–Crippen LogP) is 14.9. The van der Waals surface area contributed by atoms with Crippen LogP contribution in [-0.4, -0.2) is 192 Å². The third kappa shape index (κ3) is 23.4. The number of fused-ring (bicyclic) bond motifs is 16. The van der Waals surface area contributed by atoms with Crippen LogP contribution in [0, 0.1) is 95.7 Å². The Bertz CT molecular complexity index is 5220. The highest BCUT2D eigenvalue weighted by Gasteiger charge is 2.65. The van der Waals surface area contributed by atoms with Crippen molar-refractivity contribution in [2.24, 2.45) is 45.3 Å². The fourth-order valence-electron chi connectivity index (χ4n) is 21.9. The Balaban J connectivity index is 0.000000178. The molecule has 4 saturated carbocycles. The van der Waals surface area contributed by atoms with E-state index in [4.69, 9.17) is 37.9 Å². The summed E-state index contributed by atoms with van der Waals surface area (Å²) < 4.78 is 49.6. The van der Waals surface area contributed by atoms with Gasteiger partial charge in [0, 0.05) is 195 Å². The van der Waals surface area contributed by atoms with E-state index in [0.717, 1.165) is 174 Å². The average Bonchev–Trinajstić information content (AvgIpc) is 0.712. The molecule has 5 N–H and O–H groups in total. The molecule has 0 aromatic heterocycles. The Labute approximate surface area is 782 Å². The van der Waals surface area contributed by atoms with Crippen LogP contribution >= 0.6 is 0 Å². The SMILES string of the molecule is Cc1cc(OC2C(C)(C)C(NC(=O)c3ccc(N4CCC(C=O)CC4)cc3)C2(C)C)cc(C)c1C#N.Cc1cc(OC2C(C)(C)C(NC(=O)c3ccc(N4CCC(CN5CCOCCCCOc6cc(C(=O)CC7CCC(=O)NC7=O)ccc6OC6CC5C6)CC4)cc3)C2(C)C)cc(C)c1C#N.O=C1CCC(CC(=O)c2ccc3c(c2)OCCCCOCCNC2CC(C2)O3)C(=O)N1. The Morgan fingerprint density at radius 1 is 0.481 bits per heavy atom. The molecule has 0 spiro atoms. The van der Waals surface area contributed by atoms with Gasteiger partial charge < -0.3 is 68.4 Å². The number of aryl methyl sites for hydroxylation is 4. The van der Waals surface area contributed by atoms with Crippen molar-refractivity contribution < 1.29 is 81.0 Å². The highest BCUT2D eigenvalue weighted by Crippen LogP contribution is 2.57. The van der Waals surface area contributed by atoms with Crippen LogP contribution in [0.25, 0.3) is 0 Å². The fraction of sp³-hybridized carbons (Fsp3) is 0.557. The van der Waals surface area contributed by atoms with E-state index in [9.17, 15) is 53.7 Å². The first-order chi connectivity index (χ1) is 63.7. The van der Waals surface area contributed by atoms with Crippen molar-refractivity contribution in [3.8, 4) is 46.6 Å². The van der Waals surface area contributed by atoms with Gasteiger partial charge in [0.05, 0.1) is 49.7 Å². The van der Waals surface area contributed by atoms with Gasteiger partial charge in [-0.1, -0.05) is 55.4 Å². The summed E-state index contributed by atoms with van der Waals surface area (Å²) in [7, 11) is 0. The molecule has 2 unspecified atom stereocenters. The zero-order valence-corrected chi connectivity index (χ0v) is 79.5. The first kappa shape index (κ1) is 97.8. The lowest BCUT2D eigenvalue weighted by Gasteiger charge is -2.63. The van der Waals surface area contributed by atoms with Gasteiger partial charge in [0.1, 0.15) is 42.2 Å². The number of carbonyl (C=O) groups excluding carboxylic acids is 9. The van der Waals surface area contributed by atoms with Crippen molar-refractivity contribution in [3.63, 3.8) is 0 Å². The molecule has 4 aliphatic carbocycles. The number of piperidine rings is 4.